The molecular formula is C52H40Cl2N10. The highest BCUT2D eigenvalue weighted by Crippen LogP contribution is 2.38. The van der Waals surface area contributed by atoms with Gasteiger partial charge in [-0.25, -0.2) is 9.97 Å². The lowest BCUT2D eigenvalue weighted by molar-refractivity contribution is 0.966. The molecule has 6 N–H and O–H groups in total. The van der Waals surface area contributed by atoms with Crippen LogP contribution in [0.25, 0.3) is 99.3 Å². The van der Waals surface area contributed by atoms with Gasteiger partial charge in [0.15, 0.2) is 0 Å². The third kappa shape index (κ3) is 7.12. The van der Waals surface area contributed by atoms with Crippen LogP contribution in [0.4, 0.5) is 0 Å². The van der Waals surface area contributed by atoms with Gasteiger partial charge in [0.05, 0.1) is 44.5 Å². The molecule has 6 heterocycles. The summed E-state index contributed by atoms with van der Waals surface area (Å²) in [4.78, 5) is 24.9. The minimum Gasteiger partial charge on any atom is -0.361 e. The number of imidazole rings is 2. The molecule has 0 bridgehead atoms. The van der Waals surface area contributed by atoms with Crippen molar-refractivity contribution in [3.8, 4) is 33.6 Å². The first-order chi connectivity index (χ1) is 31.4. The predicted octanol–water partition coefficient (Wildman–Crippen LogP) is 11.8. The number of halogens is 2. The van der Waals surface area contributed by atoms with Crippen molar-refractivity contribution in [1.82, 2.24) is 39.0 Å². The molecule has 312 valence electrons. The summed E-state index contributed by atoms with van der Waals surface area (Å²) in [6.45, 7) is 1.28. The second kappa shape index (κ2) is 16.4. The zero-order valence-electron chi connectivity index (χ0n) is 34.4. The summed E-state index contributed by atoms with van der Waals surface area (Å²) < 4.78 is 4.22. The van der Waals surface area contributed by atoms with E-state index in [2.05, 4.69) is 148 Å². The van der Waals surface area contributed by atoms with Gasteiger partial charge in [0.2, 0.25) is 0 Å². The molecule has 0 amide bonds. The maximum absolute atomic E-state index is 6.71. The highest BCUT2D eigenvalue weighted by Gasteiger charge is 2.16. The van der Waals surface area contributed by atoms with Gasteiger partial charge < -0.3 is 21.4 Å². The average molecular weight is 876 g/mol. The van der Waals surface area contributed by atoms with Crippen molar-refractivity contribution in [2.75, 3.05) is 13.1 Å². The number of rotatable bonds is 8. The number of benzene rings is 6. The smallest absolute Gasteiger partial charge is 0.108 e. The van der Waals surface area contributed by atoms with Crippen molar-refractivity contribution < 1.29 is 0 Å². The Morgan fingerprint density at radius 2 is 0.906 bits per heavy atom. The zero-order valence-corrected chi connectivity index (χ0v) is 35.9. The lowest BCUT2D eigenvalue weighted by Crippen LogP contribution is -2.02. The van der Waals surface area contributed by atoms with Crippen molar-refractivity contribution >= 4 is 88.9 Å². The van der Waals surface area contributed by atoms with Crippen LogP contribution < -0.4 is 11.5 Å². The van der Waals surface area contributed by atoms with E-state index in [4.69, 9.17) is 34.7 Å². The van der Waals surface area contributed by atoms with Crippen LogP contribution in [0.3, 0.4) is 0 Å². The molecule has 6 aromatic carbocycles. The van der Waals surface area contributed by atoms with Crippen molar-refractivity contribution in [3.63, 3.8) is 0 Å². The molecule has 12 heteroatoms. The van der Waals surface area contributed by atoms with Crippen LogP contribution in [0.2, 0.25) is 10.0 Å². The molecule has 0 spiro atoms. The molecule has 64 heavy (non-hydrogen) atoms. The Bertz CT molecular complexity index is 3430. The topological polar surface area (TPSA) is 145 Å². The number of hydrogen-bond donors (Lipinski definition) is 4. The molecule has 0 aliphatic heterocycles. The number of nitrogens with one attached hydrogen (secondary N) is 2. The van der Waals surface area contributed by atoms with E-state index in [-0.39, 0.29) is 0 Å². The number of H-pyrrole nitrogens is 2. The summed E-state index contributed by atoms with van der Waals surface area (Å²) in [5.41, 5.74) is 27.6. The third-order valence-corrected chi connectivity index (χ3v) is 12.6. The van der Waals surface area contributed by atoms with Crippen LogP contribution in [0.5, 0.6) is 0 Å². The first-order valence-corrected chi connectivity index (χ1v) is 21.8. The minimum absolute atomic E-state index is 0.641. The van der Waals surface area contributed by atoms with Gasteiger partial charge in [-0.1, -0.05) is 59.6 Å². The summed E-state index contributed by atoms with van der Waals surface area (Å²) in [5, 5.41) is 5.68. The van der Waals surface area contributed by atoms with E-state index in [9.17, 15) is 0 Å². The second-order valence-corrected chi connectivity index (χ2v) is 16.7. The highest BCUT2D eigenvalue weighted by atomic mass is 35.5. The number of pyridine rings is 2. The maximum Gasteiger partial charge on any atom is 0.108 e. The maximum atomic E-state index is 6.71. The first kappa shape index (κ1) is 39.5. The molecule has 12 rings (SSSR count). The van der Waals surface area contributed by atoms with Gasteiger partial charge in [0, 0.05) is 56.7 Å². The van der Waals surface area contributed by atoms with Crippen molar-refractivity contribution in [3.05, 3.63) is 180 Å². The molecule has 0 atom stereocenters. The van der Waals surface area contributed by atoms with Crippen molar-refractivity contribution in [1.29, 1.82) is 0 Å². The number of hydrogen-bond acceptors (Lipinski definition) is 6. The lowest BCUT2D eigenvalue weighted by Gasteiger charge is -2.11. The summed E-state index contributed by atoms with van der Waals surface area (Å²) in [5.74, 6) is 0. The Morgan fingerprint density at radius 3 is 1.33 bits per heavy atom. The Labute approximate surface area is 377 Å². The fourth-order valence-electron chi connectivity index (χ4n) is 8.68. The van der Waals surface area contributed by atoms with E-state index >= 15 is 0 Å². The lowest BCUT2D eigenvalue weighted by atomic mass is 10.0. The van der Waals surface area contributed by atoms with Gasteiger partial charge in [-0.05, 0) is 144 Å². The largest absolute Gasteiger partial charge is 0.361 e. The predicted molar refractivity (Wildman–Crippen MR) is 263 cm³/mol. The van der Waals surface area contributed by atoms with Crippen LogP contribution in [0.1, 0.15) is 11.1 Å². The van der Waals surface area contributed by atoms with Crippen LogP contribution in [0, 0.1) is 0 Å². The fourth-order valence-corrected chi connectivity index (χ4v) is 9.22. The van der Waals surface area contributed by atoms with Gasteiger partial charge in [-0.15, -0.1) is 0 Å². The van der Waals surface area contributed by atoms with Gasteiger partial charge in [-0.3, -0.25) is 19.1 Å². The van der Waals surface area contributed by atoms with Crippen molar-refractivity contribution in [2.45, 2.75) is 12.8 Å². The van der Waals surface area contributed by atoms with Gasteiger partial charge in [-0.2, -0.15) is 0 Å². The summed E-state index contributed by atoms with van der Waals surface area (Å²) in [7, 11) is 0. The van der Waals surface area contributed by atoms with E-state index < -0.39 is 0 Å². The standard InChI is InChI=1S/2C26H20ClN5/c2*27-22-13-24-21(12-20(22)17-3-6-23-18(11-17)8-10-29-23)26-25(14-30-24)31-15-32(26)19-4-1-16(2-5-19)7-9-28/h2*1-6,8,10-15,29H,7,9,28H2. The number of nitrogens with zero attached hydrogens (tertiary/aromatic N) is 6. The molecule has 0 unspecified atom stereocenters. The van der Waals surface area contributed by atoms with Crippen molar-refractivity contribution in [2.24, 2.45) is 11.5 Å². The Balaban J connectivity index is 0.000000143. The monoisotopic (exact) mass is 874 g/mol. The van der Waals surface area contributed by atoms with Gasteiger partial charge >= 0.3 is 0 Å². The average Bonchev–Trinajstić information content (AvgIpc) is 4.16. The molecule has 0 fully saturated rings. The molecule has 0 aliphatic rings. The first-order valence-electron chi connectivity index (χ1n) is 21.1. The number of aromatic amines is 2. The third-order valence-electron chi connectivity index (χ3n) is 11.9. The van der Waals surface area contributed by atoms with Crippen LogP contribution in [0.15, 0.2) is 159 Å². The molecule has 0 aliphatic carbocycles. The van der Waals surface area contributed by atoms with E-state index in [0.717, 1.165) is 112 Å². The number of fused-ring (bicyclic) bond motifs is 8. The number of aromatic nitrogens is 8. The van der Waals surface area contributed by atoms with Crippen LogP contribution in [-0.4, -0.2) is 52.1 Å². The Morgan fingerprint density at radius 1 is 0.469 bits per heavy atom. The minimum atomic E-state index is 0.641. The molecule has 0 radical (unpaired) electrons. The summed E-state index contributed by atoms with van der Waals surface area (Å²) >= 11 is 13.4. The normalized spacial score (nSPS) is 11.7. The van der Waals surface area contributed by atoms with Gasteiger partial charge in [0.1, 0.15) is 23.7 Å². The molecule has 0 saturated heterocycles. The Kier molecular flexibility index (Phi) is 10.1. The van der Waals surface area contributed by atoms with Gasteiger partial charge in [0.25, 0.3) is 0 Å². The fraction of sp³-hybridized carbons (Fsp3) is 0.0769. The molecule has 6 aromatic heterocycles. The summed E-state index contributed by atoms with van der Waals surface area (Å²) in [6, 6.07) is 41.8. The zero-order chi connectivity index (χ0) is 43.3. The van der Waals surface area contributed by atoms with E-state index in [1.54, 1.807) is 12.4 Å². The quantitative estimate of drug-likeness (QED) is 0.120. The van der Waals surface area contributed by atoms with Crippen LogP contribution in [-0.2, 0) is 12.8 Å². The van der Waals surface area contributed by atoms with E-state index in [0.29, 0.717) is 23.1 Å². The molecule has 12 aromatic rings. The summed E-state index contributed by atoms with van der Waals surface area (Å²) in [6.07, 6.45) is 12.9. The SMILES string of the molecule is NCCc1ccc(-n2cnc3cnc4cc(Cl)c(-c5ccc6[nH]ccc6c5)cc4c32)cc1.NCCc1ccc(-n2cnc3cnc4cc(Cl)c(-c5ccc6[nH]ccc6c5)cc4c32)cc1. The van der Waals surface area contributed by atoms with E-state index in [1.807, 2.05) is 37.2 Å². The second-order valence-electron chi connectivity index (χ2n) is 15.9. The number of nitrogens with two attached hydrogens (primary N) is 2. The van der Waals surface area contributed by atoms with Crippen LogP contribution >= 0.6 is 23.2 Å². The molecule has 10 nitrogen and oxygen atoms in total. The van der Waals surface area contributed by atoms with E-state index in [1.165, 1.54) is 11.1 Å². The Hall–Kier alpha value is -7.34. The molecule has 0 saturated carbocycles. The molecular weight excluding hydrogens is 836 g/mol. The highest BCUT2D eigenvalue weighted by molar-refractivity contribution is 6.35.